The highest BCUT2D eigenvalue weighted by atomic mass is 19.1. The summed E-state index contributed by atoms with van der Waals surface area (Å²) >= 11 is 0. The Bertz CT molecular complexity index is 144. The van der Waals surface area contributed by atoms with Crippen molar-refractivity contribution in [3.05, 3.63) is 0 Å². The van der Waals surface area contributed by atoms with E-state index in [2.05, 4.69) is 0 Å². The molecule has 1 nitrogen and oxygen atoms in total. The van der Waals surface area contributed by atoms with Gasteiger partial charge in [0.1, 0.15) is 0 Å². The molecule has 1 fully saturated rings. The Hall–Kier alpha value is -0.400. The molecule has 1 aliphatic rings. The molecule has 0 radical (unpaired) electrons. The summed E-state index contributed by atoms with van der Waals surface area (Å²) in [5, 5.41) is 0. The van der Waals surface area contributed by atoms with E-state index in [0.717, 1.165) is 12.8 Å². The van der Waals surface area contributed by atoms with E-state index in [1.54, 1.807) is 13.8 Å². The van der Waals surface area contributed by atoms with Crippen molar-refractivity contribution in [1.29, 1.82) is 0 Å². The highest BCUT2D eigenvalue weighted by Gasteiger charge is 2.33. The first-order valence-corrected chi connectivity index (χ1v) is 3.80. The van der Waals surface area contributed by atoms with Crippen LogP contribution >= 0.6 is 0 Å². The minimum atomic E-state index is -1.19. The molecule has 0 bridgehead atoms. The smallest absolute Gasteiger partial charge is 0.169 e. The van der Waals surface area contributed by atoms with E-state index in [0.29, 0.717) is 0 Å². The van der Waals surface area contributed by atoms with Crippen LogP contribution in [0.15, 0.2) is 0 Å². The molecule has 0 amide bonds. The van der Waals surface area contributed by atoms with Gasteiger partial charge in [0.2, 0.25) is 0 Å². The van der Waals surface area contributed by atoms with Crippen molar-refractivity contribution in [3.8, 4) is 0 Å². The molecule has 0 N–H and O–H groups in total. The Labute approximate surface area is 60.6 Å². The van der Waals surface area contributed by atoms with Crippen molar-refractivity contribution < 1.29 is 9.18 Å². The van der Waals surface area contributed by atoms with Crippen LogP contribution < -0.4 is 0 Å². The Morgan fingerprint density at radius 1 is 1.40 bits per heavy atom. The van der Waals surface area contributed by atoms with Crippen molar-refractivity contribution in [3.63, 3.8) is 0 Å². The molecule has 3 atom stereocenters. The van der Waals surface area contributed by atoms with Gasteiger partial charge in [0.05, 0.1) is 0 Å². The lowest BCUT2D eigenvalue weighted by molar-refractivity contribution is -0.131. The summed E-state index contributed by atoms with van der Waals surface area (Å²) in [5.74, 6) is -0.298. The van der Waals surface area contributed by atoms with Crippen molar-refractivity contribution >= 4 is 5.78 Å². The van der Waals surface area contributed by atoms with Crippen LogP contribution in [0.2, 0.25) is 0 Å². The van der Waals surface area contributed by atoms with E-state index in [1.807, 2.05) is 0 Å². The molecule has 0 aromatic carbocycles. The number of hydrogen-bond donors (Lipinski definition) is 0. The molecular weight excluding hydrogens is 131 g/mol. The van der Waals surface area contributed by atoms with Crippen molar-refractivity contribution in [1.82, 2.24) is 0 Å². The Kier molecular flexibility index (Phi) is 2.07. The largest absolute Gasteiger partial charge is 0.296 e. The molecule has 1 saturated carbocycles. The van der Waals surface area contributed by atoms with Gasteiger partial charge in [-0.3, -0.25) is 4.79 Å². The second-order valence-corrected chi connectivity index (χ2v) is 3.26. The third-order valence-electron chi connectivity index (χ3n) is 2.31. The molecule has 2 heteroatoms. The Morgan fingerprint density at radius 3 is 2.50 bits per heavy atom. The zero-order chi connectivity index (χ0) is 7.72. The number of carbonyl (C=O) groups is 1. The Balaban J connectivity index is 2.60. The van der Waals surface area contributed by atoms with E-state index in [4.69, 9.17) is 0 Å². The lowest BCUT2D eigenvalue weighted by Gasteiger charge is -2.25. The van der Waals surface area contributed by atoms with Crippen LogP contribution in [0.25, 0.3) is 0 Å². The van der Waals surface area contributed by atoms with Gasteiger partial charge in [-0.25, -0.2) is 4.39 Å². The molecule has 1 rings (SSSR count). The zero-order valence-electron chi connectivity index (χ0n) is 6.43. The molecule has 58 valence electrons. The quantitative estimate of drug-likeness (QED) is 0.508. The van der Waals surface area contributed by atoms with Crippen molar-refractivity contribution in [2.75, 3.05) is 0 Å². The number of hydrogen-bond acceptors (Lipinski definition) is 1. The minimum absolute atomic E-state index is 0.0498. The van der Waals surface area contributed by atoms with Gasteiger partial charge in [-0.15, -0.1) is 0 Å². The van der Waals surface area contributed by atoms with Gasteiger partial charge in [-0.05, 0) is 18.8 Å². The van der Waals surface area contributed by atoms with E-state index in [-0.39, 0.29) is 17.6 Å². The van der Waals surface area contributed by atoms with Gasteiger partial charge < -0.3 is 0 Å². The maximum Gasteiger partial charge on any atom is 0.169 e. The van der Waals surface area contributed by atoms with Crippen LogP contribution in [0, 0.1) is 11.8 Å². The van der Waals surface area contributed by atoms with E-state index < -0.39 is 6.17 Å². The topological polar surface area (TPSA) is 17.1 Å². The second kappa shape index (κ2) is 2.69. The SMILES string of the molecule is CC1CCC(C)C(F)C1=O. The van der Waals surface area contributed by atoms with Crippen molar-refractivity contribution in [2.45, 2.75) is 32.9 Å². The highest BCUT2D eigenvalue weighted by Crippen LogP contribution is 2.27. The first kappa shape index (κ1) is 7.70. The number of rotatable bonds is 0. The van der Waals surface area contributed by atoms with Gasteiger partial charge in [0.15, 0.2) is 12.0 Å². The van der Waals surface area contributed by atoms with Crippen LogP contribution in [0.4, 0.5) is 4.39 Å². The summed E-state index contributed by atoms with van der Waals surface area (Å²) in [7, 11) is 0. The number of carbonyl (C=O) groups excluding carboxylic acids is 1. The van der Waals surface area contributed by atoms with Gasteiger partial charge >= 0.3 is 0 Å². The van der Waals surface area contributed by atoms with Gasteiger partial charge in [-0.2, -0.15) is 0 Å². The third kappa shape index (κ3) is 1.20. The second-order valence-electron chi connectivity index (χ2n) is 3.26. The summed E-state index contributed by atoms with van der Waals surface area (Å²) in [4.78, 5) is 11.0. The number of halogens is 1. The molecule has 0 saturated heterocycles. The molecule has 10 heavy (non-hydrogen) atoms. The number of ketones is 1. The first-order valence-electron chi connectivity index (χ1n) is 3.80. The van der Waals surface area contributed by atoms with Crippen LogP contribution in [-0.4, -0.2) is 12.0 Å². The molecule has 0 spiro atoms. The lowest BCUT2D eigenvalue weighted by Crippen LogP contribution is -2.33. The summed E-state index contributed by atoms with van der Waals surface area (Å²) in [6, 6.07) is 0. The van der Waals surface area contributed by atoms with Gasteiger partial charge in [0, 0.05) is 5.92 Å². The summed E-state index contributed by atoms with van der Waals surface area (Å²) in [6.07, 6.45) is 0.526. The average Bonchev–Trinajstić information content (AvgIpc) is 1.93. The van der Waals surface area contributed by atoms with Crippen LogP contribution in [-0.2, 0) is 4.79 Å². The van der Waals surface area contributed by atoms with E-state index >= 15 is 0 Å². The fraction of sp³-hybridized carbons (Fsp3) is 0.875. The molecule has 0 aromatic rings. The minimum Gasteiger partial charge on any atom is -0.296 e. The Morgan fingerprint density at radius 2 is 2.00 bits per heavy atom. The highest BCUT2D eigenvalue weighted by molar-refractivity contribution is 5.85. The lowest BCUT2D eigenvalue weighted by atomic mass is 9.81. The summed E-state index contributed by atoms with van der Waals surface area (Å²) in [6.45, 7) is 3.61. The van der Waals surface area contributed by atoms with Gasteiger partial charge in [0.25, 0.3) is 0 Å². The molecule has 0 heterocycles. The maximum atomic E-state index is 12.9. The fourth-order valence-electron chi connectivity index (χ4n) is 1.35. The van der Waals surface area contributed by atoms with Gasteiger partial charge in [-0.1, -0.05) is 13.8 Å². The predicted octanol–water partition coefficient (Wildman–Crippen LogP) is 1.96. The van der Waals surface area contributed by atoms with E-state index in [1.165, 1.54) is 0 Å². The molecule has 0 aromatic heterocycles. The standard InChI is InChI=1S/C8H13FO/c1-5-3-4-6(2)8(10)7(5)9/h5-7H,3-4H2,1-2H3. The normalized spacial score (nSPS) is 41.9. The molecular formula is C8H13FO. The molecule has 0 aliphatic heterocycles. The van der Waals surface area contributed by atoms with E-state index in [9.17, 15) is 9.18 Å². The number of Topliss-reactive ketones (excluding diaryl/α,β-unsaturated/α-hetero) is 1. The van der Waals surface area contributed by atoms with Crippen LogP contribution in [0.3, 0.4) is 0 Å². The zero-order valence-corrected chi connectivity index (χ0v) is 6.43. The maximum absolute atomic E-state index is 12.9. The number of alkyl halides is 1. The average molecular weight is 144 g/mol. The summed E-state index contributed by atoms with van der Waals surface area (Å²) in [5.41, 5.74) is 0. The third-order valence-corrected chi connectivity index (χ3v) is 2.31. The fourth-order valence-corrected chi connectivity index (χ4v) is 1.35. The molecule has 3 unspecified atom stereocenters. The van der Waals surface area contributed by atoms with Crippen molar-refractivity contribution in [2.24, 2.45) is 11.8 Å². The summed E-state index contributed by atoms with van der Waals surface area (Å²) < 4.78 is 12.9. The molecule has 1 aliphatic carbocycles. The first-order chi connectivity index (χ1) is 4.63. The monoisotopic (exact) mass is 144 g/mol. The van der Waals surface area contributed by atoms with Crippen LogP contribution in [0.1, 0.15) is 26.7 Å². The predicted molar refractivity (Wildman–Crippen MR) is 37.5 cm³/mol. The van der Waals surface area contributed by atoms with Crippen LogP contribution in [0.5, 0.6) is 0 Å².